The zero-order valence-corrected chi connectivity index (χ0v) is 18.0. The molecular formula is C25H23F6NO2. The van der Waals surface area contributed by atoms with Crippen molar-refractivity contribution in [3.8, 4) is 0 Å². The molecule has 2 aromatic carbocycles. The molecule has 3 rings (SSSR count). The molecule has 0 aliphatic carbocycles. The monoisotopic (exact) mass is 483 g/mol. The average molecular weight is 483 g/mol. The number of allylic oxidation sites excluding steroid dienone is 2. The predicted molar refractivity (Wildman–Crippen MR) is 116 cm³/mol. The number of aliphatic hydroxyl groups is 1. The first-order valence-corrected chi connectivity index (χ1v) is 10.7. The van der Waals surface area contributed by atoms with Crippen LogP contribution in [0.25, 0.3) is 5.57 Å². The number of hydrogen-bond donors (Lipinski definition) is 1. The van der Waals surface area contributed by atoms with Gasteiger partial charge in [-0.2, -0.15) is 26.3 Å². The Morgan fingerprint density at radius 1 is 0.882 bits per heavy atom. The number of halogens is 6. The van der Waals surface area contributed by atoms with Crippen LogP contribution in [0.3, 0.4) is 0 Å². The van der Waals surface area contributed by atoms with Gasteiger partial charge in [-0.05, 0) is 60.2 Å². The Morgan fingerprint density at radius 2 is 1.38 bits per heavy atom. The predicted octanol–water partition coefficient (Wildman–Crippen LogP) is 6.09. The Balaban J connectivity index is 1.93. The molecule has 0 spiro atoms. The fourth-order valence-corrected chi connectivity index (χ4v) is 3.84. The third kappa shape index (κ3) is 6.28. The van der Waals surface area contributed by atoms with E-state index in [0.717, 1.165) is 37.1 Å². The minimum Gasteiger partial charge on any atom is -0.394 e. The van der Waals surface area contributed by atoms with Crippen LogP contribution >= 0.6 is 0 Å². The molecule has 1 unspecified atom stereocenters. The van der Waals surface area contributed by atoms with Gasteiger partial charge < -0.3 is 10.0 Å². The van der Waals surface area contributed by atoms with Crippen molar-refractivity contribution in [1.29, 1.82) is 0 Å². The van der Waals surface area contributed by atoms with Crippen LogP contribution in [0.15, 0.2) is 66.8 Å². The summed E-state index contributed by atoms with van der Waals surface area (Å²) >= 11 is 0. The van der Waals surface area contributed by atoms with Gasteiger partial charge in [0.1, 0.15) is 0 Å². The second kappa shape index (κ2) is 10.5. The molecule has 1 aliphatic heterocycles. The van der Waals surface area contributed by atoms with Gasteiger partial charge in [-0.15, -0.1) is 0 Å². The van der Waals surface area contributed by atoms with E-state index in [0.29, 0.717) is 29.7 Å². The normalized spacial score (nSPS) is 17.1. The molecule has 1 amide bonds. The first-order valence-electron chi connectivity index (χ1n) is 10.7. The van der Waals surface area contributed by atoms with Gasteiger partial charge in [0.05, 0.1) is 23.8 Å². The molecule has 0 radical (unpaired) electrons. The maximum Gasteiger partial charge on any atom is 0.416 e. The number of likely N-dealkylation sites (tertiary alicyclic amines) is 1. The third-order valence-electron chi connectivity index (χ3n) is 5.67. The van der Waals surface area contributed by atoms with Crippen molar-refractivity contribution in [2.75, 3.05) is 13.2 Å². The minimum absolute atomic E-state index is 0.155. The molecule has 1 heterocycles. The highest BCUT2D eigenvalue weighted by molar-refractivity contribution is 5.89. The van der Waals surface area contributed by atoms with E-state index in [1.165, 1.54) is 42.5 Å². The number of nitrogens with zero attached hydrogens (tertiary/aromatic N) is 1. The van der Waals surface area contributed by atoms with E-state index in [-0.39, 0.29) is 18.6 Å². The SMILES string of the molecule is O=C(/C=C/C=C(c1ccc(C(F)(F)F)cc1)c1ccc(C(F)(F)F)cc1)N1CCCCC1CO. The van der Waals surface area contributed by atoms with E-state index >= 15 is 0 Å². The molecule has 1 saturated heterocycles. The van der Waals surface area contributed by atoms with Crippen LogP contribution in [0, 0.1) is 0 Å². The summed E-state index contributed by atoms with van der Waals surface area (Å²) in [7, 11) is 0. The number of rotatable bonds is 5. The standard InChI is InChI=1S/C25H23F6NO2/c26-24(27,28)19-11-7-17(8-12-19)22(18-9-13-20(14-10-18)25(29,30)31)5-3-6-23(34)32-15-2-1-4-21(32)16-33/h3,5-14,21,33H,1-2,4,15-16H2/b6-3+. The summed E-state index contributed by atoms with van der Waals surface area (Å²) in [4.78, 5) is 14.1. The van der Waals surface area contributed by atoms with Crippen LogP contribution in [0.5, 0.6) is 0 Å². The van der Waals surface area contributed by atoms with Crippen molar-refractivity contribution < 1.29 is 36.2 Å². The van der Waals surface area contributed by atoms with Crippen molar-refractivity contribution in [3.63, 3.8) is 0 Å². The smallest absolute Gasteiger partial charge is 0.394 e. The van der Waals surface area contributed by atoms with E-state index in [9.17, 15) is 36.2 Å². The summed E-state index contributed by atoms with van der Waals surface area (Å²) in [5.74, 6) is -0.325. The number of benzene rings is 2. The zero-order valence-electron chi connectivity index (χ0n) is 18.0. The first kappa shape index (κ1) is 25.6. The summed E-state index contributed by atoms with van der Waals surface area (Å²) in [6.07, 6.45) is -2.48. The van der Waals surface area contributed by atoms with E-state index in [4.69, 9.17) is 0 Å². The molecule has 0 saturated carbocycles. The lowest BCUT2D eigenvalue weighted by molar-refractivity contribution is -0.138. The van der Waals surface area contributed by atoms with Crippen molar-refractivity contribution in [1.82, 2.24) is 4.90 Å². The maximum absolute atomic E-state index is 12.9. The van der Waals surface area contributed by atoms with Gasteiger partial charge in [0.25, 0.3) is 0 Å². The second-order valence-corrected chi connectivity index (χ2v) is 7.95. The fraction of sp³-hybridized carbons (Fsp3) is 0.320. The molecule has 9 heteroatoms. The second-order valence-electron chi connectivity index (χ2n) is 7.95. The van der Waals surface area contributed by atoms with Crippen LogP contribution in [0.4, 0.5) is 26.3 Å². The molecule has 3 nitrogen and oxygen atoms in total. The molecule has 1 N–H and O–H groups in total. The van der Waals surface area contributed by atoms with Gasteiger partial charge >= 0.3 is 12.4 Å². The molecular weight excluding hydrogens is 460 g/mol. The number of piperidine rings is 1. The van der Waals surface area contributed by atoms with Crippen LogP contribution in [0.1, 0.15) is 41.5 Å². The van der Waals surface area contributed by atoms with Crippen molar-refractivity contribution in [2.45, 2.75) is 37.7 Å². The van der Waals surface area contributed by atoms with Gasteiger partial charge in [0.15, 0.2) is 0 Å². The first-order chi connectivity index (χ1) is 16.0. The van der Waals surface area contributed by atoms with Crippen molar-refractivity contribution >= 4 is 11.5 Å². The minimum atomic E-state index is -4.53. The molecule has 34 heavy (non-hydrogen) atoms. The van der Waals surface area contributed by atoms with E-state index < -0.39 is 23.5 Å². The summed E-state index contributed by atoms with van der Waals surface area (Å²) in [6, 6.07) is 8.21. The zero-order chi connectivity index (χ0) is 24.9. The van der Waals surface area contributed by atoms with Crippen LogP contribution in [0.2, 0.25) is 0 Å². The lowest BCUT2D eigenvalue weighted by Crippen LogP contribution is -2.44. The molecule has 0 aromatic heterocycles. The number of carbonyl (C=O) groups excluding carboxylic acids is 1. The van der Waals surface area contributed by atoms with Crippen LogP contribution in [-0.4, -0.2) is 35.1 Å². The molecule has 182 valence electrons. The van der Waals surface area contributed by atoms with Crippen LogP contribution < -0.4 is 0 Å². The highest BCUT2D eigenvalue weighted by atomic mass is 19.4. The van der Waals surface area contributed by atoms with Gasteiger partial charge in [0.2, 0.25) is 5.91 Å². The topological polar surface area (TPSA) is 40.5 Å². The third-order valence-corrected chi connectivity index (χ3v) is 5.67. The lowest BCUT2D eigenvalue weighted by Gasteiger charge is -2.33. The molecule has 2 aromatic rings. The molecule has 1 atom stereocenters. The summed E-state index contributed by atoms with van der Waals surface area (Å²) in [5.41, 5.74) is -0.668. The number of aliphatic hydroxyl groups excluding tert-OH is 1. The summed E-state index contributed by atoms with van der Waals surface area (Å²) in [5, 5.41) is 9.49. The molecule has 0 bridgehead atoms. The van der Waals surface area contributed by atoms with Crippen molar-refractivity contribution in [3.05, 3.63) is 89.0 Å². The summed E-state index contributed by atoms with van der Waals surface area (Å²) in [6.45, 7) is 0.348. The summed E-state index contributed by atoms with van der Waals surface area (Å²) < 4.78 is 77.6. The maximum atomic E-state index is 12.9. The number of alkyl halides is 6. The fourth-order valence-electron chi connectivity index (χ4n) is 3.84. The van der Waals surface area contributed by atoms with E-state index in [1.807, 2.05) is 0 Å². The lowest BCUT2D eigenvalue weighted by atomic mass is 9.95. The Bertz CT molecular complexity index is 978. The highest BCUT2D eigenvalue weighted by Gasteiger charge is 2.31. The quantitative estimate of drug-likeness (QED) is 0.318. The Labute approximate surface area is 193 Å². The van der Waals surface area contributed by atoms with Gasteiger partial charge in [-0.25, -0.2) is 0 Å². The number of hydrogen-bond acceptors (Lipinski definition) is 2. The average Bonchev–Trinajstić information content (AvgIpc) is 2.81. The largest absolute Gasteiger partial charge is 0.416 e. The van der Waals surface area contributed by atoms with Gasteiger partial charge in [-0.1, -0.05) is 36.4 Å². The Morgan fingerprint density at radius 3 is 1.82 bits per heavy atom. The number of amides is 1. The Kier molecular flexibility index (Phi) is 7.86. The van der Waals surface area contributed by atoms with Gasteiger partial charge in [0, 0.05) is 12.6 Å². The molecule has 1 fully saturated rings. The van der Waals surface area contributed by atoms with Gasteiger partial charge in [-0.3, -0.25) is 4.79 Å². The van der Waals surface area contributed by atoms with Crippen LogP contribution in [-0.2, 0) is 17.1 Å². The van der Waals surface area contributed by atoms with Crippen molar-refractivity contribution in [2.24, 2.45) is 0 Å². The Hall–Kier alpha value is -3.07. The van der Waals surface area contributed by atoms with E-state index in [1.54, 1.807) is 4.90 Å². The van der Waals surface area contributed by atoms with E-state index in [2.05, 4.69) is 0 Å². The molecule has 1 aliphatic rings. The highest BCUT2D eigenvalue weighted by Crippen LogP contribution is 2.33. The number of carbonyl (C=O) groups is 1.